The minimum absolute atomic E-state index is 0.0928. The van der Waals surface area contributed by atoms with Crippen molar-refractivity contribution >= 4 is 17.0 Å². The van der Waals surface area contributed by atoms with Crippen molar-refractivity contribution in [2.75, 3.05) is 0 Å². The molecular formula is C15H11NO4. The summed E-state index contributed by atoms with van der Waals surface area (Å²) in [6, 6.07) is 12.0. The van der Waals surface area contributed by atoms with Gasteiger partial charge in [0.1, 0.15) is 5.75 Å². The van der Waals surface area contributed by atoms with Gasteiger partial charge in [0, 0.05) is 17.2 Å². The number of nitro groups is 1. The first-order valence-corrected chi connectivity index (χ1v) is 5.76. The molecular weight excluding hydrogens is 258 g/mol. The number of benzene rings is 2. The number of non-ortho nitro benzene ring substituents is 1. The Morgan fingerprint density at radius 1 is 1.10 bits per heavy atom. The predicted molar refractivity (Wildman–Crippen MR) is 74.6 cm³/mol. The SMILES string of the molecule is C=C(C(=O)c1ccccc1)c1cc(O)cc([N+](=O)[O-])c1. The third-order valence-corrected chi connectivity index (χ3v) is 2.77. The van der Waals surface area contributed by atoms with Crippen molar-refractivity contribution < 1.29 is 14.8 Å². The first kappa shape index (κ1) is 13.5. The fraction of sp³-hybridized carbons (Fsp3) is 0. The number of nitro benzene ring substituents is 1. The Labute approximate surface area is 115 Å². The smallest absolute Gasteiger partial charge is 0.273 e. The molecule has 0 atom stereocenters. The van der Waals surface area contributed by atoms with Crippen molar-refractivity contribution in [1.29, 1.82) is 0 Å². The van der Waals surface area contributed by atoms with Gasteiger partial charge in [-0.3, -0.25) is 14.9 Å². The normalized spacial score (nSPS) is 10.0. The van der Waals surface area contributed by atoms with Crippen LogP contribution < -0.4 is 0 Å². The number of Topliss-reactive ketones (excluding diaryl/α,β-unsaturated/α-hetero) is 1. The molecule has 20 heavy (non-hydrogen) atoms. The molecule has 0 amide bonds. The third kappa shape index (κ3) is 2.72. The molecule has 0 unspecified atom stereocenters. The Hall–Kier alpha value is -2.95. The first-order valence-electron chi connectivity index (χ1n) is 5.76. The van der Waals surface area contributed by atoms with E-state index in [0.717, 1.165) is 6.07 Å². The maximum atomic E-state index is 12.2. The van der Waals surface area contributed by atoms with E-state index in [0.29, 0.717) is 5.56 Å². The molecule has 0 spiro atoms. The quantitative estimate of drug-likeness (QED) is 0.400. The van der Waals surface area contributed by atoms with E-state index in [9.17, 15) is 20.0 Å². The molecule has 100 valence electrons. The van der Waals surface area contributed by atoms with Crippen molar-refractivity contribution in [3.63, 3.8) is 0 Å². The van der Waals surface area contributed by atoms with Crippen molar-refractivity contribution in [2.24, 2.45) is 0 Å². The molecule has 0 aliphatic carbocycles. The molecule has 0 aliphatic heterocycles. The first-order chi connectivity index (χ1) is 9.49. The molecule has 0 saturated heterocycles. The van der Waals surface area contributed by atoms with Gasteiger partial charge in [0.15, 0.2) is 5.78 Å². The van der Waals surface area contributed by atoms with Crippen LogP contribution in [0.15, 0.2) is 55.1 Å². The second kappa shape index (κ2) is 5.36. The summed E-state index contributed by atoms with van der Waals surface area (Å²) in [5.41, 5.74) is 0.464. The van der Waals surface area contributed by atoms with Crippen molar-refractivity contribution in [3.8, 4) is 5.75 Å². The van der Waals surface area contributed by atoms with E-state index in [2.05, 4.69) is 6.58 Å². The minimum atomic E-state index is -0.635. The van der Waals surface area contributed by atoms with Crippen molar-refractivity contribution in [3.05, 3.63) is 76.4 Å². The van der Waals surface area contributed by atoms with Crippen molar-refractivity contribution in [2.45, 2.75) is 0 Å². The highest BCUT2D eigenvalue weighted by Gasteiger charge is 2.16. The molecule has 0 heterocycles. The molecule has 2 aromatic rings. The highest BCUT2D eigenvalue weighted by Crippen LogP contribution is 2.27. The van der Waals surface area contributed by atoms with E-state index < -0.39 is 4.92 Å². The number of hydrogen-bond donors (Lipinski definition) is 1. The summed E-state index contributed by atoms with van der Waals surface area (Å²) in [5.74, 6) is -0.623. The lowest BCUT2D eigenvalue weighted by Gasteiger charge is -2.06. The Morgan fingerprint density at radius 3 is 2.35 bits per heavy atom. The van der Waals surface area contributed by atoms with Gasteiger partial charge >= 0.3 is 0 Å². The van der Waals surface area contributed by atoms with E-state index in [1.54, 1.807) is 30.3 Å². The fourth-order valence-corrected chi connectivity index (χ4v) is 1.77. The zero-order valence-electron chi connectivity index (χ0n) is 10.4. The Bertz CT molecular complexity index is 692. The van der Waals surface area contributed by atoms with Gasteiger partial charge < -0.3 is 5.11 Å². The van der Waals surface area contributed by atoms with Gasteiger partial charge in [-0.25, -0.2) is 0 Å². The zero-order valence-corrected chi connectivity index (χ0v) is 10.4. The number of allylic oxidation sites excluding steroid dienone is 1. The van der Waals surface area contributed by atoms with Crippen LogP contribution in [0.4, 0.5) is 5.69 Å². The van der Waals surface area contributed by atoms with Gasteiger partial charge in [-0.05, 0) is 11.6 Å². The zero-order chi connectivity index (χ0) is 14.7. The summed E-state index contributed by atoms with van der Waals surface area (Å²) in [4.78, 5) is 22.3. The van der Waals surface area contributed by atoms with Gasteiger partial charge in [-0.1, -0.05) is 36.9 Å². The summed E-state index contributed by atoms with van der Waals surface area (Å²) >= 11 is 0. The minimum Gasteiger partial charge on any atom is -0.508 e. The lowest BCUT2D eigenvalue weighted by atomic mass is 9.98. The average Bonchev–Trinajstić information content (AvgIpc) is 2.46. The molecule has 0 radical (unpaired) electrons. The number of hydrogen-bond acceptors (Lipinski definition) is 4. The summed E-state index contributed by atoms with van der Waals surface area (Å²) < 4.78 is 0. The number of phenols is 1. The Morgan fingerprint density at radius 2 is 1.75 bits per heavy atom. The lowest BCUT2D eigenvalue weighted by Crippen LogP contribution is -2.02. The molecule has 1 N–H and O–H groups in total. The van der Waals surface area contributed by atoms with E-state index in [-0.39, 0.29) is 28.4 Å². The number of aromatic hydroxyl groups is 1. The monoisotopic (exact) mass is 269 g/mol. The number of phenolic OH excluding ortho intramolecular Hbond substituents is 1. The fourth-order valence-electron chi connectivity index (χ4n) is 1.77. The summed E-state index contributed by atoms with van der Waals surface area (Å²) in [6.45, 7) is 3.66. The van der Waals surface area contributed by atoms with Gasteiger partial charge in [-0.15, -0.1) is 0 Å². The molecule has 0 aliphatic rings. The van der Waals surface area contributed by atoms with Crippen LogP contribution in [0.25, 0.3) is 5.57 Å². The number of rotatable bonds is 4. The standard InChI is InChI=1S/C15H11NO4/c1-10(15(18)11-5-3-2-4-6-11)12-7-13(16(19)20)9-14(17)8-12/h2-9,17H,1H2. The number of nitrogens with zero attached hydrogens (tertiary/aromatic N) is 1. The molecule has 2 aromatic carbocycles. The van der Waals surface area contributed by atoms with Gasteiger partial charge in [0.25, 0.3) is 5.69 Å². The van der Waals surface area contributed by atoms with Crippen LogP contribution in [0.1, 0.15) is 15.9 Å². The molecule has 2 rings (SSSR count). The topological polar surface area (TPSA) is 80.4 Å². The summed E-state index contributed by atoms with van der Waals surface area (Å²) in [5, 5.41) is 20.2. The molecule has 0 bridgehead atoms. The van der Waals surface area contributed by atoms with Crippen LogP contribution in [-0.2, 0) is 0 Å². The predicted octanol–water partition coefficient (Wildman–Crippen LogP) is 3.20. The second-order valence-electron chi connectivity index (χ2n) is 4.17. The van der Waals surface area contributed by atoms with Crippen LogP contribution in [-0.4, -0.2) is 15.8 Å². The maximum Gasteiger partial charge on any atom is 0.273 e. The van der Waals surface area contributed by atoms with Gasteiger partial charge in [-0.2, -0.15) is 0 Å². The molecule has 0 fully saturated rings. The largest absolute Gasteiger partial charge is 0.508 e. The highest BCUT2D eigenvalue weighted by molar-refractivity contribution is 6.28. The number of carbonyl (C=O) groups excluding carboxylic acids is 1. The molecule has 0 aromatic heterocycles. The summed E-state index contributed by atoms with van der Waals surface area (Å²) in [6.07, 6.45) is 0. The van der Waals surface area contributed by atoms with Crippen LogP contribution in [0.2, 0.25) is 0 Å². The molecule has 5 nitrogen and oxygen atoms in total. The van der Waals surface area contributed by atoms with E-state index in [1.807, 2.05) is 0 Å². The van der Waals surface area contributed by atoms with Gasteiger partial charge in [0.2, 0.25) is 0 Å². The Kier molecular flexibility index (Phi) is 3.61. The van der Waals surface area contributed by atoms with E-state index in [1.165, 1.54) is 12.1 Å². The van der Waals surface area contributed by atoms with Crippen LogP contribution in [0.5, 0.6) is 5.75 Å². The maximum absolute atomic E-state index is 12.2. The van der Waals surface area contributed by atoms with E-state index in [4.69, 9.17) is 0 Å². The van der Waals surface area contributed by atoms with Crippen LogP contribution >= 0.6 is 0 Å². The third-order valence-electron chi connectivity index (χ3n) is 2.77. The van der Waals surface area contributed by atoms with Gasteiger partial charge in [0.05, 0.1) is 11.0 Å². The Balaban J connectivity index is 2.39. The van der Waals surface area contributed by atoms with Crippen LogP contribution in [0.3, 0.4) is 0 Å². The highest BCUT2D eigenvalue weighted by atomic mass is 16.6. The van der Waals surface area contributed by atoms with Crippen LogP contribution in [0, 0.1) is 10.1 Å². The average molecular weight is 269 g/mol. The van der Waals surface area contributed by atoms with Crippen molar-refractivity contribution in [1.82, 2.24) is 0 Å². The summed E-state index contributed by atoms with van der Waals surface area (Å²) in [7, 11) is 0. The lowest BCUT2D eigenvalue weighted by molar-refractivity contribution is -0.384. The molecule has 5 heteroatoms. The number of carbonyl (C=O) groups is 1. The molecule has 0 saturated carbocycles. The van der Waals surface area contributed by atoms with E-state index >= 15 is 0 Å². The number of ketones is 1. The second-order valence-corrected chi connectivity index (χ2v) is 4.17.